The van der Waals surface area contributed by atoms with Gasteiger partial charge in [0.05, 0.1) is 27.0 Å². The molecular formula is C22H27N3O4. The Balaban J connectivity index is 1.85. The van der Waals surface area contributed by atoms with Gasteiger partial charge in [0, 0.05) is 5.56 Å². The Labute approximate surface area is 171 Å². The van der Waals surface area contributed by atoms with Crippen molar-refractivity contribution in [3.63, 3.8) is 0 Å². The summed E-state index contributed by atoms with van der Waals surface area (Å²) in [5, 5.41) is 6.46. The molecule has 0 unspecified atom stereocenters. The summed E-state index contributed by atoms with van der Waals surface area (Å²) in [6.07, 6.45) is 1.56. The number of amides is 2. The lowest BCUT2D eigenvalue weighted by Crippen LogP contribution is -2.34. The van der Waals surface area contributed by atoms with Crippen LogP contribution in [0.2, 0.25) is 0 Å². The minimum absolute atomic E-state index is 0.0794. The third kappa shape index (κ3) is 6.34. The maximum atomic E-state index is 12.2. The normalized spacial score (nSPS) is 11.2. The number of ether oxygens (including phenoxy) is 2. The van der Waals surface area contributed by atoms with E-state index in [-0.39, 0.29) is 12.0 Å². The first-order valence-electron chi connectivity index (χ1n) is 9.17. The van der Waals surface area contributed by atoms with Crippen LogP contribution in [0.3, 0.4) is 0 Å². The number of carbonyl (C=O) groups excluding carboxylic acids is 2. The van der Waals surface area contributed by atoms with Crippen molar-refractivity contribution in [1.29, 1.82) is 0 Å². The molecular weight excluding hydrogens is 370 g/mol. The number of hydrogen-bond donors (Lipinski definition) is 2. The van der Waals surface area contributed by atoms with Crippen molar-refractivity contribution < 1.29 is 19.1 Å². The predicted molar refractivity (Wildman–Crippen MR) is 113 cm³/mol. The zero-order valence-electron chi connectivity index (χ0n) is 17.4. The molecule has 154 valence electrons. The fourth-order valence-corrected chi connectivity index (χ4v) is 2.53. The number of hydrazone groups is 1. The van der Waals surface area contributed by atoms with Gasteiger partial charge >= 0.3 is 0 Å². The third-order valence-corrected chi connectivity index (χ3v) is 4.23. The minimum atomic E-state index is -0.429. The molecule has 0 saturated heterocycles. The zero-order chi connectivity index (χ0) is 21.4. The summed E-state index contributed by atoms with van der Waals surface area (Å²) in [7, 11) is 3.00. The molecule has 2 aromatic carbocycles. The Bertz CT molecular complexity index is 884. The third-order valence-electron chi connectivity index (χ3n) is 4.23. The molecule has 0 aliphatic heterocycles. The van der Waals surface area contributed by atoms with Crippen molar-refractivity contribution in [3.05, 3.63) is 59.2 Å². The Kier molecular flexibility index (Phi) is 7.36. The number of carbonyl (C=O) groups is 2. The Hall–Kier alpha value is -3.35. The molecule has 29 heavy (non-hydrogen) atoms. The van der Waals surface area contributed by atoms with Crippen molar-refractivity contribution in [3.8, 4) is 11.5 Å². The smallest absolute Gasteiger partial charge is 0.259 e. The molecule has 0 bridgehead atoms. The van der Waals surface area contributed by atoms with Crippen molar-refractivity contribution in [1.82, 2.24) is 10.7 Å². The summed E-state index contributed by atoms with van der Waals surface area (Å²) in [4.78, 5) is 24.1. The summed E-state index contributed by atoms with van der Waals surface area (Å²) in [5.74, 6) is 0.127. The van der Waals surface area contributed by atoms with Crippen molar-refractivity contribution in [2.45, 2.75) is 26.2 Å². The number of nitrogens with zero attached hydrogens (tertiary/aromatic N) is 1. The van der Waals surface area contributed by atoms with E-state index >= 15 is 0 Å². The SMILES string of the molecule is COc1ccc(C(=O)NCC(=O)N/N=C/c2ccc(C(C)(C)C)cc2)cc1OC. The topological polar surface area (TPSA) is 89.0 Å². The quantitative estimate of drug-likeness (QED) is 0.555. The van der Waals surface area contributed by atoms with E-state index in [0.29, 0.717) is 17.1 Å². The summed E-state index contributed by atoms with van der Waals surface area (Å²) in [6, 6.07) is 12.7. The average molecular weight is 397 g/mol. The highest BCUT2D eigenvalue weighted by Crippen LogP contribution is 2.27. The van der Waals surface area contributed by atoms with Crippen LogP contribution in [0.1, 0.15) is 42.3 Å². The Morgan fingerprint density at radius 3 is 2.24 bits per heavy atom. The van der Waals surface area contributed by atoms with Gasteiger partial charge in [-0.2, -0.15) is 5.10 Å². The molecule has 0 aromatic heterocycles. The van der Waals surface area contributed by atoms with Gasteiger partial charge in [0.1, 0.15) is 0 Å². The lowest BCUT2D eigenvalue weighted by molar-refractivity contribution is -0.120. The minimum Gasteiger partial charge on any atom is -0.493 e. The van der Waals surface area contributed by atoms with Crippen LogP contribution < -0.4 is 20.2 Å². The summed E-state index contributed by atoms with van der Waals surface area (Å²) < 4.78 is 10.3. The summed E-state index contributed by atoms with van der Waals surface area (Å²) in [6.45, 7) is 6.24. The van der Waals surface area contributed by atoms with E-state index in [9.17, 15) is 9.59 Å². The second kappa shape index (κ2) is 9.73. The molecule has 2 N–H and O–H groups in total. The highest BCUT2D eigenvalue weighted by Gasteiger charge is 2.13. The lowest BCUT2D eigenvalue weighted by Gasteiger charge is -2.18. The number of hydrogen-bond acceptors (Lipinski definition) is 5. The van der Waals surface area contributed by atoms with E-state index in [1.54, 1.807) is 24.4 Å². The van der Waals surface area contributed by atoms with Crippen molar-refractivity contribution in [2.24, 2.45) is 5.10 Å². The van der Waals surface area contributed by atoms with E-state index in [0.717, 1.165) is 5.56 Å². The molecule has 2 amide bonds. The van der Waals surface area contributed by atoms with Crippen molar-refractivity contribution in [2.75, 3.05) is 20.8 Å². The number of methoxy groups -OCH3 is 2. The fraction of sp³-hybridized carbons (Fsp3) is 0.318. The maximum Gasteiger partial charge on any atom is 0.259 e. The van der Waals surface area contributed by atoms with Crippen LogP contribution in [-0.2, 0) is 10.2 Å². The fourth-order valence-electron chi connectivity index (χ4n) is 2.53. The first kappa shape index (κ1) is 21.9. The standard InChI is InChI=1S/C22H27N3O4/c1-22(2,3)17-9-6-15(7-10-17)13-24-25-20(26)14-23-21(27)16-8-11-18(28-4)19(12-16)29-5/h6-13H,14H2,1-5H3,(H,23,27)(H,25,26)/b24-13+. The van der Waals surface area contributed by atoms with Gasteiger partial charge in [0.25, 0.3) is 11.8 Å². The van der Waals surface area contributed by atoms with E-state index in [1.165, 1.54) is 19.8 Å². The molecule has 0 heterocycles. The largest absolute Gasteiger partial charge is 0.493 e. The van der Waals surface area contributed by atoms with Crippen LogP contribution in [0.4, 0.5) is 0 Å². The van der Waals surface area contributed by atoms with Crippen LogP contribution in [0.5, 0.6) is 11.5 Å². The lowest BCUT2D eigenvalue weighted by atomic mass is 9.87. The first-order valence-corrected chi connectivity index (χ1v) is 9.17. The second-order valence-corrected chi connectivity index (χ2v) is 7.42. The molecule has 0 aliphatic rings. The summed E-state index contributed by atoms with van der Waals surface area (Å²) in [5.41, 5.74) is 4.92. The van der Waals surface area contributed by atoms with E-state index in [1.807, 2.05) is 24.3 Å². The second-order valence-electron chi connectivity index (χ2n) is 7.42. The molecule has 0 saturated carbocycles. The maximum absolute atomic E-state index is 12.2. The van der Waals surface area contributed by atoms with Crippen LogP contribution in [-0.4, -0.2) is 38.8 Å². The monoisotopic (exact) mass is 397 g/mol. The zero-order valence-corrected chi connectivity index (χ0v) is 17.4. The van der Waals surface area contributed by atoms with Gasteiger partial charge in [0.2, 0.25) is 0 Å². The highest BCUT2D eigenvalue weighted by atomic mass is 16.5. The molecule has 0 atom stereocenters. The van der Waals surface area contributed by atoms with Gasteiger partial charge in [-0.25, -0.2) is 5.43 Å². The number of benzene rings is 2. The van der Waals surface area contributed by atoms with Gasteiger partial charge in [-0.1, -0.05) is 45.0 Å². The van der Waals surface area contributed by atoms with Gasteiger partial charge in [-0.15, -0.1) is 0 Å². The van der Waals surface area contributed by atoms with Crippen LogP contribution in [0.25, 0.3) is 0 Å². The Morgan fingerprint density at radius 1 is 1.00 bits per heavy atom. The average Bonchev–Trinajstić information content (AvgIpc) is 2.71. The molecule has 0 fully saturated rings. The van der Waals surface area contributed by atoms with E-state index < -0.39 is 11.8 Å². The van der Waals surface area contributed by atoms with Crippen LogP contribution >= 0.6 is 0 Å². The summed E-state index contributed by atoms with van der Waals surface area (Å²) >= 11 is 0. The van der Waals surface area contributed by atoms with Gasteiger partial charge in [-0.3, -0.25) is 9.59 Å². The Morgan fingerprint density at radius 2 is 1.66 bits per heavy atom. The predicted octanol–water partition coefficient (Wildman–Crippen LogP) is 2.88. The molecule has 7 nitrogen and oxygen atoms in total. The van der Waals surface area contributed by atoms with Crippen LogP contribution in [0, 0.1) is 0 Å². The molecule has 7 heteroatoms. The molecule has 2 rings (SSSR count). The molecule has 0 radical (unpaired) electrons. The van der Waals surface area contributed by atoms with E-state index in [4.69, 9.17) is 9.47 Å². The van der Waals surface area contributed by atoms with Gasteiger partial charge < -0.3 is 14.8 Å². The molecule has 2 aromatic rings. The van der Waals surface area contributed by atoms with Crippen molar-refractivity contribution >= 4 is 18.0 Å². The highest BCUT2D eigenvalue weighted by molar-refractivity contribution is 5.97. The number of nitrogens with one attached hydrogen (secondary N) is 2. The number of rotatable bonds is 7. The van der Waals surface area contributed by atoms with Crippen LogP contribution in [0.15, 0.2) is 47.6 Å². The first-order chi connectivity index (χ1) is 13.7. The van der Waals surface area contributed by atoms with E-state index in [2.05, 4.69) is 36.6 Å². The molecule has 0 spiro atoms. The van der Waals surface area contributed by atoms with Gasteiger partial charge in [-0.05, 0) is 34.7 Å². The molecule has 0 aliphatic carbocycles. The van der Waals surface area contributed by atoms with Gasteiger partial charge in [0.15, 0.2) is 11.5 Å².